The Hall–Kier alpha value is -3.24. The largest absolute Gasteiger partial charge is 0.762 e. The molecule has 0 aliphatic carbocycles. The number of benzene rings is 3. The molecule has 4 nitrogen and oxygen atoms in total. The third-order valence-corrected chi connectivity index (χ3v) is 7.05. The third kappa shape index (κ3) is 3.79. The van der Waals surface area contributed by atoms with Crippen molar-refractivity contribution in [1.82, 2.24) is 5.32 Å². The predicted octanol–water partition coefficient (Wildman–Crippen LogP) is 4.95. The molecule has 0 spiro atoms. The molecule has 1 aromatic heterocycles. The average Bonchev–Trinajstić information content (AvgIpc) is 2.84. The Morgan fingerprint density at radius 2 is 1.61 bits per heavy atom. The highest BCUT2D eigenvalue weighted by Crippen LogP contribution is 2.46. The summed E-state index contributed by atoms with van der Waals surface area (Å²) in [4.78, 5) is 0. The van der Waals surface area contributed by atoms with E-state index in [4.69, 9.17) is 12.6 Å². The van der Waals surface area contributed by atoms with Gasteiger partial charge in [-0.05, 0) is 29.1 Å². The van der Waals surface area contributed by atoms with Gasteiger partial charge in [-0.3, -0.25) is 0 Å². The molecule has 4 aromatic rings. The summed E-state index contributed by atoms with van der Waals surface area (Å²) in [6.07, 6.45) is 3.97. The van der Waals surface area contributed by atoms with Gasteiger partial charge < -0.3 is 23.1 Å². The van der Waals surface area contributed by atoms with Gasteiger partial charge in [-0.25, -0.2) is 0 Å². The first-order valence-electron chi connectivity index (χ1n) is 10.5. The van der Waals surface area contributed by atoms with E-state index in [0.717, 1.165) is 20.8 Å². The number of aromatic nitrogens is 1. The first-order chi connectivity index (χ1) is 16.0. The topological polar surface area (TPSA) is 59.9 Å². The monoisotopic (exact) mass is 513 g/mol. The van der Waals surface area contributed by atoms with Crippen LogP contribution >= 0.6 is 15.9 Å². The summed E-state index contributed by atoms with van der Waals surface area (Å²) in [7, 11) is 0. The highest BCUT2D eigenvalue weighted by Gasteiger charge is 2.54. The lowest BCUT2D eigenvalue weighted by atomic mass is 9.75. The van der Waals surface area contributed by atoms with Gasteiger partial charge in [-0.1, -0.05) is 81.6 Å². The van der Waals surface area contributed by atoms with Gasteiger partial charge in [0.25, 0.3) is 0 Å². The van der Waals surface area contributed by atoms with E-state index in [1.165, 1.54) is 0 Å². The van der Waals surface area contributed by atoms with Crippen LogP contribution in [0.25, 0.3) is 10.8 Å². The van der Waals surface area contributed by atoms with Gasteiger partial charge in [0.05, 0.1) is 12.0 Å². The second-order valence-electron chi connectivity index (χ2n) is 8.11. The second-order valence-corrected chi connectivity index (χ2v) is 9.43. The zero-order valence-electron chi connectivity index (χ0n) is 17.5. The van der Waals surface area contributed by atoms with Crippen molar-refractivity contribution < 1.29 is 9.67 Å². The normalized spacial score (nSPS) is 22.6. The summed E-state index contributed by atoms with van der Waals surface area (Å²) in [5.41, 5.74) is 0.470. The number of fused-ring (bicyclic) bond motifs is 1. The number of aliphatic hydroxyl groups is 1. The van der Waals surface area contributed by atoms with Crippen molar-refractivity contribution in [1.29, 1.82) is 5.26 Å². The van der Waals surface area contributed by atoms with Crippen LogP contribution < -0.4 is 9.88 Å². The number of nitrogens with zero attached hydrogens (tertiary/aromatic N) is 2. The summed E-state index contributed by atoms with van der Waals surface area (Å²) >= 11 is 9.10. The van der Waals surface area contributed by atoms with Gasteiger partial charge in [-0.15, -0.1) is 0 Å². The van der Waals surface area contributed by atoms with E-state index in [1.54, 1.807) is 0 Å². The Bertz CT molecular complexity index is 1400. The Morgan fingerprint density at radius 3 is 2.30 bits per heavy atom. The zero-order valence-corrected chi connectivity index (χ0v) is 19.9. The van der Waals surface area contributed by atoms with Gasteiger partial charge in [0.1, 0.15) is 0 Å². The first-order valence-corrected chi connectivity index (χ1v) is 11.7. The zero-order chi connectivity index (χ0) is 23.0. The number of nitriles is 1. The van der Waals surface area contributed by atoms with E-state index in [0.29, 0.717) is 11.1 Å². The smallest absolute Gasteiger partial charge is 0.225 e. The number of hydrogen-bond acceptors (Lipinski definition) is 4. The fraction of sp³-hybridized carbons (Fsp3) is 0.111. The molecule has 5 rings (SSSR count). The van der Waals surface area contributed by atoms with Crippen LogP contribution in [0.4, 0.5) is 0 Å². The summed E-state index contributed by atoms with van der Waals surface area (Å²) in [5.74, 6) is -0.465. The van der Waals surface area contributed by atoms with Crippen LogP contribution in [0.15, 0.2) is 112 Å². The molecule has 0 bridgehead atoms. The second kappa shape index (κ2) is 8.60. The number of nitrogens with one attached hydrogen (secondary N) is 1. The van der Waals surface area contributed by atoms with Crippen molar-refractivity contribution in [2.24, 2.45) is 0 Å². The molecule has 1 aliphatic heterocycles. The minimum atomic E-state index is -1.54. The van der Waals surface area contributed by atoms with Crippen LogP contribution in [-0.2, 0) is 18.4 Å². The van der Waals surface area contributed by atoms with E-state index in [-0.39, 0.29) is 5.03 Å². The summed E-state index contributed by atoms with van der Waals surface area (Å²) in [6.45, 7) is 0. The number of allylic oxidation sites excluding steroid dienone is 1. The van der Waals surface area contributed by atoms with Crippen LogP contribution in [0.1, 0.15) is 23.1 Å². The Morgan fingerprint density at radius 1 is 0.939 bits per heavy atom. The van der Waals surface area contributed by atoms with Crippen molar-refractivity contribution in [2.45, 2.75) is 17.7 Å². The first kappa shape index (κ1) is 21.6. The molecule has 162 valence electrons. The van der Waals surface area contributed by atoms with Crippen molar-refractivity contribution in [3.8, 4) is 6.07 Å². The Labute approximate surface area is 206 Å². The molecule has 2 heterocycles. The van der Waals surface area contributed by atoms with Crippen molar-refractivity contribution in [3.63, 3.8) is 0 Å². The van der Waals surface area contributed by atoms with Crippen molar-refractivity contribution in [2.75, 3.05) is 0 Å². The summed E-state index contributed by atoms with van der Waals surface area (Å²) in [6, 6.07) is 29.1. The molecule has 3 aromatic carbocycles. The van der Waals surface area contributed by atoms with Gasteiger partial charge in [0.2, 0.25) is 11.8 Å². The SMILES string of the molecule is N#CC1=C([S-])NC(O)(c2ccccc2)C([n+]2ccc3ccccc3c2)C1c1ccc(Br)cc1. The van der Waals surface area contributed by atoms with Crippen LogP contribution in [0, 0.1) is 11.3 Å². The maximum absolute atomic E-state index is 12.2. The van der Waals surface area contributed by atoms with Crippen molar-refractivity contribution in [3.05, 3.63) is 124 Å². The Balaban J connectivity index is 1.80. The Kier molecular flexibility index (Phi) is 5.63. The van der Waals surface area contributed by atoms with Crippen LogP contribution in [0.5, 0.6) is 0 Å². The number of hydrogen-bond donors (Lipinski definition) is 2. The molecule has 2 N–H and O–H groups in total. The molecule has 0 fully saturated rings. The minimum Gasteiger partial charge on any atom is -0.762 e. The highest BCUT2D eigenvalue weighted by atomic mass is 79.9. The molecule has 3 unspecified atom stereocenters. The lowest BCUT2D eigenvalue weighted by molar-refractivity contribution is -0.742. The van der Waals surface area contributed by atoms with E-state index >= 15 is 0 Å². The standard InChI is InChI=1S/C27H20BrN3OS/c28-22-12-10-19(11-13-22)24-23(16-29)26(33)30-27(32,21-8-2-1-3-9-21)25(24)31-15-14-18-6-4-5-7-20(18)17-31/h1-15,17,24-25,30,32H. The molecule has 0 saturated heterocycles. The molecule has 6 heteroatoms. The predicted molar refractivity (Wildman–Crippen MR) is 134 cm³/mol. The average molecular weight is 514 g/mol. The van der Waals surface area contributed by atoms with Crippen LogP contribution in [-0.4, -0.2) is 5.11 Å². The van der Waals surface area contributed by atoms with Gasteiger partial charge in [-0.2, -0.15) is 9.83 Å². The van der Waals surface area contributed by atoms with E-state index in [2.05, 4.69) is 33.4 Å². The molecule has 0 radical (unpaired) electrons. The van der Waals surface area contributed by atoms with E-state index < -0.39 is 17.7 Å². The summed E-state index contributed by atoms with van der Waals surface area (Å²) < 4.78 is 2.93. The lowest BCUT2D eigenvalue weighted by Crippen LogP contribution is -2.62. The van der Waals surface area contributed by atoms with Crippen LogP contribution in [0.2, 0.25) is 0 Å². The molecule has 3 atom stereocenters. The number of pyridine rings is 1. The van der Waals surface area contributed by atoms with Gasteiger partial charge >= 0.3 is 0 Å². The summed E-state index contributed by atoms with van der Waals surface area (Å²) in [5, 5.41) is 27.9. The molecule has 0 amide bonds. The van der Waals surface area contributed by atoms with E-state index in [9.17, 15) is 10.4 Å². The van der Waals surface area contributed by atoms with Gasteiger partial charge in [0, 0.05) is 27.1 Å². The highest BCUT2D eigenvalue weighted by molar-refractivity contribution is 9.10. The molecule has 33 heavy (non-hydrogen) atoms. The fourth-order valence-electron chi connectivity index (χ4n) is 4.64. The number of halogens is 1. The molecule has 1 aliphatic rings. The molecular weight excluding hydrogens is 494 g/mol. The molecular formula is C27H20BrN3OS. The maximum Gasteiger partial charge on any atom is 0.225 e. The van der Waals surface area contributed by atoms with Crippen molar-refractivity contribution >= 4 is 39.3 Å². The third-order valence-electron chi connectivity index (χ3n) is 6.20. The number of rotatable bonds is 3. The minimum absolute atomic E-state index is 0.259. The lowest BCUT2D eigenvalue weighted by Gasteiger charge is -2.45. The maximum atomic E-state index is 12.2. The fourth-order valence-corrected chi connectivity index (χ4v) is 5.23. The van der Waals surface area contributed by atoms with Gasteiger partial charge in [0.15, 0.2) is 12.4 Å². The van der Waals surface area contributed by atoms with Crippen LogP contribution in [0.3, 0.4) is 0 Å². The quantitative estimate of drug-likeness (QED) is 0.300. The molecule has 0 saturated carbocycles. The van der Waals surface area contributed by atoms with E-state index in [1.807, 2.05) is 95.8 Å².